The van der Waals surface area contributed by atoms with Crippen LogP contribution in [-0.4, -0.2) is 29.9 Å². The molecule has 1 saturated carbocycles. The zero-order valence-electron chi connectivity index (χ0n) is 10.1. The Morgan fingerprint density at radius 3 is 2.83 bits per heavy atom. The number of rotatable bonds is 3. The Kier molecular flexibility index (Phi) is 3.91. The summed E-state index contributed by atoms with van der Waals surface area (Å²) in [4.78, 5) is 26.4. The van der Waals surface area contributed by atoms with Gasteiger partial charge < -0.3 is 15.6 Å². The van der Waals surface area contributed by atoms with Crippen LogP contribution >= 0.6 is 11.6 Å². The number of aromatic nitrogens is 1. The van der Waals surface area contributed by atoms with Crippen molar-refractivity contribution in [3.05, 3.63) is 23.0 Å². The SMILES string of the molecule is CNC(=O)C1CCCC1NC(=O)c1cc(Cl)c[nH]1. The molecule has 2 atom stereocenters. The van der Waals surface area contributed by atoms with Crippen LogP contribution in [0.15, 0.2) is 12.3 Å². The van der Waals surface area contributed by atoms with Crippen molar-refractivity contribution >= 4 is 23.4 Å². The third kappa shape index (κ3) is 2.67. The molecule has 3 N–H and O–H groups in total. The monoisotopic (exact) mass is 269 g/mol. The van der Waals surface area contributed by atoms with E-state index in [4.69, 9.17) is 11.6 Å². The van der Waals surface area contributed by atoms with Crippen LogP contribution in [0.2, 0.25) is 5.02 Å². The normalized spacial score (nSPS) is 22.8. The molecule has 2 amide bonds. The quantitative estimate of drug-likeness (QED) is 0.774. The Balaban J connectivity index is 2.00. The van der Waals surface area contributed by atoms with Crippen molar-refractivity contribution in [3.8, 4) is 0 Å². The number of carbonyl (C=O) groups is 2. The summed E-state index contributed by atoms with van der Waals surface area (Å²) in [5, 5.41) is 6.01. The molecule has 1 aliphatic carbocycles. The van der Waals surface area contributed by atoms with Crippen molar-refractivity contribution in [3.63, 3.8) is 0 Å². The van der Waals surface area contributed by atoms with E-state index in [2.05, 4.69) is 15.6 Å². The maximum atomic E-state index is 11.9. The highest BCUT2D eigenvalue weighted by molar-refractivity contribution is 6.30. The fraction of sp³-hybridized carbons (Fsp3) is 0.500. The predicted molar refractivity (Wildman–Crippen MR) is 68.5 cm³/mol. The van der Waals surface area contributed by atoms with E-state index in [-0.39, 0.29) is 23.8 Å². The van der Waals surface area contributed by atoms with Gasteiger partial charge in [0.1, 0.15) is 5.69 Å². The molecule has 1 aromatic heterocycles. The first-order chi connectivity index (χ1) is 8.61. The molecule has 0 saturated heterocycles. The molecule has 1 aliphatic rings. The van der Waals surface area contributed by atoms with Gasteiger partial charge in [-0.2, -0.15) is 0 Å². The fourth-order valence-electron chi connectivity index (χ4n) is 2.38. The van der Waals surface area contributed by atoms with Crippen LogP contribution < -0.4 is 10.6 Å². The number of amides is 2. The van der Waals surface area contributed by atoms with Gasteiger partial charge in [-0.25, -0.2) is 0 Å². The Morgan fingerprint density at radius 1 is 1.44 bits per heavy atom. The lowest BCUT2D eigenvalue weighted by molar-refractivity contribution is -0.124. The molecule has 98 valence electrons. The largest absolute Gasteiger partial charge is 0.359 e. The highest BCUT2D eigenvalue weighted by Crippen LogP contribution is 2.26. The second-order valence-corrected chi connectivity index (χ2v) is 4.90. The topological polar surface area (TPSA) is 74.0 Å². The standard InChI is InChI=1S/C12H16ClN3O2/c1-14-11(17)8-3-2-4-9(8)16-12(18)10-5-7(13)6-15-10/h5-6,8-9,15H,2-4H2,1H3,(H,14,17)(H,16,18). The number of nitrogens with one attached hydrogen (secondary N) is 3. The minimum Gasteiger partial charge on any atom is -0.359 e. The van der Waals surface area contributed by atoms with Crippen molar-refractivity contribution in [1.29, 1.82) is 0 Å². The summed E-state index contributed by atoms with van der Waals surface area (Å²) in [6.07, 6.45) is 4.16. The molecule has 0 spiro atoms. The van der Waals surface area contributed by atoms with Gasteiger partial charge >= 0.3 is 0 Å². The number of hydrogen-bond donors (Lipinski definition) is 3. The van der Waals surface area contributed by atoms with E-state index < -0.39 is 0 Å². The van der Waals surface area contributed by atoms with Crippen molar-refractivity contribution in [2.45, 2.75) is 25.3 Å². The minimum absolute atomic E-state index is 0.0117. The van der Waals surface area contributed by atoms with Gasteiger partial charge in [0.25, 0.3) is 5.91 Å². The number of carbonyl (C=O) groups excluding carboxylic acids is 2. The smallest absolute Gasteiger partial charge is 0.267 e. The molecule has 2 rings (SSSR count). The summed E-state index contributed by atoms with van der Waals surface area (Å²) in [7, 11) is 1.62. The van der Waals surface area contributed by atoms with Crippen LogP contribution in [0, 0.1) is 5.92 Å². The number of H-pyrrole nitrogens is 1. The van der Waals surface area contributed by atoms with Crippen LogP contribution in [0.5, 0.6) is 0 Å². The second-order valence-electron chi connectivity index (χ2n) is 4.46. The van der Waals surface area contributed by atoms with Gasteiger partial charge in [0.05, 0.1) is 10.9 Å². The van der Waals surface area contributed by atoms with Crippen LogP contribution in [0.1, 0.15) is 29.8 Å². The summed E-state index contributed by atoms with van der Waals surface area (Å²) in [6.45, 7) is 0. The fourth-order valence-corrected chi connectivity index (χ4v) is 2.54. The van der Waals surface area contributed by atoms with Crippen molar-refractivity contribution in [2.24, 2.45) is 5.92 Å². The highest BCUT2D eigenvalue weighted by atomic mass is 35.5. The summed E-state index contributed by atoms with van der Waals surface area (Å²) in [6, 6.07) is 1.47. The Bertz CT molecular complexity index is 458. The molecular weight excluding hydrogens is 254 g/mol. The predicted octanol–water partition coefficient (Wildman–Crippen LogP) is 1.31. The van der Waals surface area contributed by atoms with E-state index >= 15 is 0 Å². The lowest BCUT2D eigenvalue weighted by atomic mass is 10.0. The Morgan fingerprint density at radius 2 is 2.22 bits per heavy atom. The molecule has 2 unspecified atom stereocenters. The van der Waals surface area contributed by atoms with Gasteiger partial charge in [-0.3, -0.25) is 9.59 Å². The average Bonchev–Trinajstić information content (AvgIpc) is 2.97. The molecule has 18 heavy (non-hydrogen) atoms. The molecule has 5 nitrogen and oxygen atoms in total. The zero-order chi connectivity index (χ0) is 13.1. The molecule has 0 radical (unpaired) electrons. The van der Waals surface area contributed by atoms with E-state index in [0.717, 1.165) is 19.3 Å². The van der Waals surface area contributed by atoms with Gasteiger partial charge in [0, 0.05) is 19.3 Å². The van der Waals surface area contributed by atoms with Gasteiger partial charge in [-0.1, -0.05) is 18.0 Å². The molecule has 0 bridgehead atoms. The maximum Gasteiger partial charge on any atom is 0.267 e. The van der Waals surface area contributed by atoms with Crippen LogP contribution in [-0.2, 0) is 4.79 Å². The maximum absolute atomic E-state index is 11.9. The van der Waals surface area contributed by atoms with Crippen molar-refractivity contribution in [1.82, 2.24) is 15.6 Å². The summed E-state index contributed by atoms with van der Waals surface area (Å²) in [5.41, 5.74) is 0.419. The summed E-state index contributed by atoms with van der Waals surface area (Å²) < 4.78 is 0. The van der Waals surface area contributed by atoms with Crippen molar-refractivity contribution in [2.75, 3.05) is 7.05 Å². The molecule has 1 fully saturated rings. The third-order valence-corrected chi connectivity index (χ3v) is 3.53. The van der Waals surface area contributed by atoms with E-state index in [0.29, 0.717) is 10.7 Å². The van der Waals surface area contributed by atoms with Crippen LogP contribution in [0.25, 0.3) is 0 Å². The lowest BCUT2D eigenvalue weighted by Gasteiger charge is -2.19. The lowest BCUT2D eigenvalue weighted by Crippen LogP contribution is -2.43. The number of hydrogen-bond acceptors (Lipinski definition) is 2. The first-order valence-corrected chi connectivity index (χ1v) is 6.36. The van der Waals surface area contributed by atoms with E-state index in [9.17, 15) is 9.59 Å². The van der Waals surface area contributed by atoms with Crippen molar-refractivity contribution < 1.29 is 9.59 Å². The Labute approximate surface area is 110 Å². The van der Waals surface area contributed by atoms with E-state index in [1.54, 1.807) is 19.3 Å². The molecule has 1 heterocycles. The van der Waals surface area contributed by atoms with Gasteiger partial charge in [0.15, 0.2) is 0 Å². The summed E-state index contributed by atoms with van der Waals surface area (Å²) >= 11 is 5.75. The highest BCUT2D eigenvalue weighted by Gasteiger charge is 2.33. The van der Waals surface area contributed by atoms with Gasteiger partial charge in [-0.15, -0.1) is 0 Å². The molecule has 6 heteroatoms. The molecule has 0 aromatic carbocycles. The molecular formula is C12H16ClN3O2. The average molecular weight is 270 g/mol. The zero-order valence-corrected chi connectivity index (χ0v) is 10.9. The van der Waals surface area contributed by atoms with Gasteiger partial charge in [0.2, 0.25) is 5.91 Å². The molecule has 0 aliphatic heterocycles. The van der Waals surface area contributed by atoms with E-state index in [1.165, 1.54) is 0 Å². The summed E-state index contributed by atoms with van der Waals surface area (Å²) in [5.74, 6) is -0.366. The number of aromatic amines is 1. The Hall–Kier alpha value is -1.49. The number of halogens is 1. The second kappa shape index (κ2) is 5.44. The minimum atomic E-state index is -0.220. The first kappa shape index (κ1) is 13.0. The van der Waals surface area contributed by atoms with E-state index in [1.807, 2.05) is 0 Å². The van der Waals surface area contributed by atoms with Gasteiger partial charge in [-0.05, 0) is 18.9 Å². The van der Waals surface area contributed by atoms with Crippen LogP contribution in [0.4, 0.5) is 0 Å². The van der Waals surface area contributed by atoms with Crippen LogP contribution in [0.3, 0.4) is 0 Å². The first-order valence-electron chi connectivity index (χ1n) is 5.98. The third-order valence-electron chi connectivity index (χ3n) is 3.31. The molecule has 1 aromatic rings.